The molecule has 16 heavy (non-hydrogen) atoms. The van der Waals surface area contributed by atoms with Crippen LogP contribution in [-0.2, 0) is 6.42 Å². The Morgan fingerprint density at radius 3 is 3.06 bits per heavy atom. The quantitative estimate of drug-likeness (QED) is 0.610. The van der Waals surface area contributed by atoms with Gasteiger partial charge in [0.15, 0.2) is 5.58 Å². The van der Waals surface area contributed by atoms with Gasteiger partial charge in [-0.15, -0.1) is 0 Å². The molecule has 84 valence electrons. The summed E-state index contributed by atoms with van der Waals surface area (Å²) in [5, 5.41) is 7.72. The minimum Gasteiger partial charge on any atom is -0.440 e. The second kappa shape index (κ2) is 4.35. The average molecular weight is 217 g/mol. The van der Waals surface area contributed by atoms with Gasteiger partial charge in [-0.1, -0.05) is 13.3 Å². The zero-order valence-corrected chi connectivity index (χ0v) is 9.29. The molecule has 4 nitrogen and oxygen atoms in total. The molecule has 1 heterocycles. The maximum absolute atomic E-state index is 7.72. The summed E-state index contributed by atoms with van der Waals surface area (Å²) in [6.07, 6.45) is 2.26. The van der Waals surface area contributed by atoms with Crippen LogP contribution in [0.15, 0.2) is 22.6 Å². The van der Waals surface area contributed by atoms with Crippen molar-refractivity contribution in [2.24, 2.45) is 0 Å². The summed E-state index contributed by atoms with van der Waals surface area (Å²) in [6, 6.07) is 5.38. The van der Waals surface area contributed by atoms with Gasteiger partial charge in [0.05, 0.1) is 6.42 Å². The molecule has 1 aromatic carbocycles. The summed E-state index contributed by atoms with van der Waals surface area (Å²) in [5.74, 6) is 0.596. The molecule has 0 aliphatic rings. The van der Waals surface area contributed by atoms with Crippen molar-refractivity contribution in [3.63, 3.8) is 0 Å². The molecule has 0 radical (unpaired) electrons. The second-order valence-electron chi connectivity index (χ2n) is 3.87. The molecular weight excluding hydrogens is 202 g/mol. The lowest BCUT2D eigenvalue weighted by Crippen LogP contribution is -2.00. The van der Waals surface area contributed by atoms with Gasteiger partial charge < -0.3 is 15.6 Å². The van der Waals surface area contributed by atoms with Crippen LogP contribution in [0.4, 0.5) is 5.69 Å². The third kappa shape index (κ3) is 2.21. The van der Waals surface area contributed by atoms with Crippen LogP contribution >= 0.6 is 0 Å². The van der Waals surface area contributed by atoms with E-state index in [1.807, 2.05) is 6.07 Å². The Morgan fingerprint density at radius 1 is 1.50 bits per heavy atom. The first-order valence-electron chi connectivity index (χ1n) is 5.40. The van der Waals surface area contributed by atoms with Crippen molar-refractivity contribution in [2.75, 3.05) is 5.73 Å². The molecule has 0 spiro atoms. The van der Waals surface area contributed by atoms with Crippen LogP contribution in [0, 0.1) is 5.41 Å². The third-order valence-corrected chi connectivity index (χ3v) is 2.37. The fraction of sp³-hybridized carbons (Fsp3) is 0.333. The number of nitrogens with one attached hydrogen (secondary N) is 1. The maximum Gasteiger partial charge on any atom is 0.201 e. The van der Waals surface area contributed by atoms with E-state index < -0.39 is 0 Å². The molecular formula is C12H15N3O. The number of aromatic nitrogens is 1. The minimum absolute atomic E-state index is 0.489. The van der Waals surface area contributed by atoms with Gasteiger partial charge >= 0.3 is 0 Å². The van der Waals surface area contributed by atoms with Crippen molar-refractivity contribution in [3.8, 4) is 0 Å². The Labute approximate surface area is 94.0 Å². The summed E-state index contributed by atoms with van der Waals surface area (Å²) in [6.45, 7) is 2.06. The van der Waals surface area contributed by atoms with Gasteiger partial charge in [-0.25, -0.2) is 4.98 Å². The Bertz CT molecular complexity index is 516. The molecule has 0 unspecified atom stereocenters. The summed E-state index contributed by atoms with van der Waals surface area (Å²) < 4.78 is 5.53. The van der Waals surface area contributed by atoms with Crippen molar-refractivity contribution in [2.45, 2.75) is 26.2 Å². The Balaban J connectivity index is 2.23. The molecule has 0 aliphatic heterocycles. The number of nitrogens with zero attached hydrogens (tertiary/aromatic N) is 1. The monoisotopic (exact) mass is 217 g/mol. The summed E-state index contributed by atoms with van der Waals surface area (Å²) in [4.78, 5) is 4.31. The van der Waals surface area contributed by atoms with E-state index in [9.17, 15) is 0 Å². The first-order chi connectivity index (χ1) is 7.69. The van der Waals surface area contributed by atoms with Crippen LogP contribution in [0.3, 0.4) is 0 Å². The number of rotatable bonds is 4. The van der Waals surface area contributed by atoms with Crippen LogP contribution in [0.1, 0.15) is 25.7 Å². The number of hydrogen-bond donors (Lipinski definition) is 2. The van der Waals surface area contributed by atoms with Crippen LogP contribution in [-0.4, -0.2) is 10.7 Å². The molecule has 0 fully saturated rings. The molecule has 3 N–H and O–H groups in total. The molecule has 2 rings (SSSR count). The average Bonchev–Trinajstić information content (AvgIpc) is 2.59. The van der Waals surface area contributed by atoms with Gasteiger partial charge in [0, 0.05) is 11.4 Å². The van der Waals surface area contributed by atoms with Crippen molar-refractivity contribution < 1.29 is 4.42 Å². The van der Waals surface area contributed by atoms with Crippen molar-refractivity contribution in [1.29, 1.82) is 5.41 Å². The molecule has 0 aliphatic carbocycles. The van der Waals surface area contributed by atoms with Crippen LogP contribution in [0.2, 0.25) is 0 Å². The standard InChI is InChI=1S/C12H15N3O/c1-2-3-8(13)7-12-15-10-6-9(14)4-5-11(10)16-12/h4-6,13H,2-3,7,14H2,1H3. The largest absolute Gasteiger partial charge is 0.440 e. The van der Waals surface area contributed by atoms with Gasteiger partial charge in [0.2, 0.25) is 5.89 Å². The van der Waals surface area contributed by atoms with E-state index in [1.165, 1.54) is 0 Å². The Morgan fingerprint density at radius 2 is 2.31 bits per heavy atom. The topological polar surface area (TPSA) is 75.9 Å². The fourth-order valence-electron chi connectivity index (χ4n) is 1.64. The number of hydrogen-bond acceptors (Lipinski definition) is 4. The normalized spacial score (nSPS) is 10.8. The number of benzene rings is 1. The lowest BCUT2D eigenvalue weighted by Gasteiger charge is -1.96. The number of nitrogen functional groups attached to an aromatic ring is 1. The van der Waals surface area contributed by atoms with E-state index >= 15 is 0 Å². The van der Waals surface area contributed by atoms with Crippen LogP contribution in [0.5, 0.6) is 0 Å². The molecule has 0 saturated carbocycles. The molecule has 2 aromatic rings. The van der Waals surface area contributed by atoms with Crippen LogP contribution in [0.25, 0.3) is 11.1 Å². The Kier molecular flexibility index (Phi) is 2.90. The van der Waals surface area contributed by atoms with E-state index in [2.05, 4.69) is 11.9 Å². The van der Waals surface area contributed by atoms with Gasteiger partial charge in [-0.05, 0) is 24.6 Å². The lowest BCUT2D eigenvalue weighted by molar-refractivity contribution is 0.549. The molecule has 0 amide bonds. The van der Waals surface area contributed by atoms with Gasteiger partial charge in [-0.3, -0.25) is 0 Å². The highest BCUT2D eigenvalue weighted by Gasteiger charge is 2.07. The summed E-state index contributed by atoms with van der Waals surface area (Å²) in [5.41, 5.74) is 8.48. The van der Waals surface area contributed by atoms with Crippen molar-refractivity contribution in [1.82, 2.24) is 4.98 Å². The molecule has 4 heteroatoms. The fourth-order valence-corrected chi connectivity index (χ4v) is 1.64. The smallest absolute Gasteiger partial charge is 0.201 e. The number of anilines is 1. The first kappa shape index (κ1) is 10.7. The first-order valence-corrected chi connectivity index (χ1v) is 5.40. The summed E-state index contributed by atoms with van der Waals surface area (Å²) in [7, 11) is 0. The molecule has 1 aromatic heterocycles. The minimum atomic E-state index is 0.489. The van der Waals surface area contributed by atoms with E-state index in [0.29, 0.717) is 23.7 Å². The summed E-state index contributed by atoms with van der Waals surface area (Å²) >= 11 is 0. The number of oxazole rings is 1. The number of nitrogens with two attached hydrogens (primary N) is 1. The highest BCUT2D eigenvalue weighted by molar-refractivity contribution is 5.84. The zero-order valence-electron chi connectivity index (χ0n) is 9.29. The molecule has 0 atom stereocenters. The predicted octanol–water partition coefficient (Wildman–Crippen LogP) is 2.77. The third-order valence-electron chi connectivity index (χ3n) is 2.37. The van der Waals surface area contributed by atoms with E-state index in [4.69, 9.17) is 15.6 Å². The Hall–Kier alpha value is -1.84. The van der Waals surface area contributed by atoms with Crippen molar-refractivity contribution in [3.05, 3.63) is 24.1 Å². The van der Waals surface area contributed by atoms with Gasteiger partial charge in [0.1, 0.15) is 5.52 Å². The highest BCUT2D eigenvalue weighted by atomic mass is 16.3. The highest BCUT2D eigenvalue weighted by Crippen LogP contribution is 2.18. The van der Waals surface area contributed by atoms with Crippen LogP contribution < -0.4 is 5.73 Å². The van der Waals surface area contributed by atoms with E-state index in [0.717, 1.165) is 23.9 Å². The number of fused-ring (bicyclic) bond motifs is 1. The zero-order chi connectivity index (χ0) is 11.5. The lowest BCUT2D eigenvalue weighted by atomic mass is 10.2. The molecule has 0 saturated heterocycles. The molecule has 0 bridgehead atoms. The van der Waals surface area contributed by atoms with E-state index in [-0.39, 0.29) is 0 Å². The maximum atomic E-state index is 7.72. The van der Waals surface area contributed by atoms with Gasteiger partial charge in [0.25, 0.3) is 0 Å². The second-order valence-corrected chi connectivity index (χ2v) is 3.87. The van der Waals surface area contributed by atoms with Crippen molar-refractivity contribution >= 4 is 22.5 Å². The predicted molar refractivity (Wildman–Crippen MR) is 64.8 cm³/mol. The SMILES string of the molecule is CCCC(=N)Cc1nc2cc(N)ccc2o1. The van der Waals surface area contributed by atoms with Gasteiger partial charge in [-0.2, -0.15) is 0 Å². The van der Waals surface area contributed by atoms with E-state index in [1.54, 1.807) is 12.1 Å².